The third-order valence-electron chi connectivity index (χ3n) is 3.45. The number of hydrogen-bond donors (Lipinski definition) is 3. The highest BCUT2D eigenvalue weighted by molar-refractivity contribution is 7.89. The number of sulfonamides is 1. The predicted molar refractivity (Wildman–Crippen MR) is 68.9 cm³/mol. The first-order chi connectivity index (χ1) is 9.37. The molecule has 0 aromatic carbocycles. The van der Waals surface area contributed by atoms with Crippen molar-refractivity contribution in [2.75, 3.05) is 19.7 Å². The number of aliphatic hydroxyl groups is 1. The first kappa shape index (κ1) is 14.9. The zero-order valence-electron chi connectivity index (χ0n) is 11.0. The molecule has 1 aliphatic rings. The SMILES string of the molecule is Cc1[nH]nc(S(=O)(=O)N2CCCC(CO)C2)c1C(=O)O. The van der Waals surface area contributed by atoms with Gasteiger partial charge in [-0.1, -0.05) is 0 Å². The van der Waals surface area contributed by atoms with Gasteiger partial charge in [0.1, 0.15) is 5.56 Å². The fourth-order valence-electron chi connectivity index (χ4n) is 2.36. The van der Waals surface area contributed by atoms with E-state index in [0.29, 0.717) is 13.0 Å². The lowest BCUT2D eigenvalue weighted by Crippen LogP contribution is -2.41. The van der Waals surface area contributed by atoms with Gasteiger partial charge in [0.25, 0.3) is 10.0 Å². The third-order valence-corrected chi connectivity index (χ3v) is 5.25. The van der Waals surface area contributed by atoms with E-state index < -0.39 is 21.0 Å². The van der Waals surface area contributed by atoms with Crippen LogP contribution in [-0.2, 0) is 10.0 Å². The number of rotatable bonds is 4. The van der Waals surface area contributed by atoms with Crippen LogP contribution in [0.1, 0.15) is 28.9 Å². The monoisotopic (exact) mass is 303 g/mol. The Morgan fingerprint density at radius 2 is 2.25 bits per heavy atom. The quantitative estimate of drug-likeness (QED) is 0.708. The second kappa shape index (κ2) is 5.51. The molecule has 1 aromatic heterocycles. The number of hydrogen-bond acceptors (Lipinski definition) is 5. The smallest absolute Gasteiger partial charge is 0.340 e. The van der Waals surface area contributed by atoms with Crippen molar-refractivity contribution in [2.24, 2.45) is 5.92 Å². The van der Waals surface area contributed by atoms with Gasteiger partial charge in [-0.05, 0) is 25.7 Å². The Bertz CT molecular complexity index is 610. The van der Waals surface area contributed by atoms with Gasteiger partial charge in [0.05, 0.1) is 0 Å². The van der Waals surface area contributed by atoms with E-state index in [1.54, 1.807) is 0 Å². The summed E-state index contributed by atoms with van der Waals surface area (Å²) in [5.74, 6) is -1.45. The molecule has 0 amide bonds. The van der Waals surface area contributed by atoms with Gasteiger partial charge in [-0.3, -0.25) is 5.10 Å². The number of carbonyl (C=O) groups is 1. The molecule has 9 heteroatoms. The molecule has 1 atom stereocenters. The van der Waals surface area contributed by atoms with Crippen LogP contribution in [-0.4, -0.2) is 58.8 Å². The number of nitrogens with one attached hydrogen (secondary N) is 1. The Morgan fingerprint density at radius 1 is 1.55 bits per heavy atom. The van der Waals surface area contributed by atoms with Crippen LogP contribution in [0.15, 0.2) is 5.03 Å². The molecule has 1 saturated heterocycles. The van der Waals surface area contributed by atoms with Crippen molar-refractivity contribution in [2.45, 2.75) is 24.8 Å². The molecule has 0 spiro atoms. The van der Waals surface area contributed by atoms with E-state index in [2.05, 4.69) is 10.2 Å². The van der Waals surface area contributed by atoms with E-state index in [1.807, 2.05) is 0 Å². The van der Waals surface area contributed by atoms with Gasteiger partial charge in [-0.15, -0.1) is 0 Å². The Morgan fingerprint density at radius 3 is 2.85 bits per heavy atom. The molecular formula is C11H17N3O5S. The number of aliphatic hydroxyl groups excluding tert-OH is 1. The maximum absolute atomic E-state index is 12.5. The molecule has 112 valence electrons. The fourth-order valence-corrected chi connectivity index (χ4v) is 4.04. The van der Waals surface area contributed by atoms with E-state index in [1.165, 1.54) is 11.2 Å². The molecule has 1 aromatic rings. The lowest BCUT2D eigenvalue weighted by atomic mass is 10.0. The molecule has 3 N–H and O–H groups in total. The minimum absolute atomic E-state index is 0.0859. The Kier molecular flexibility index (Phi) is 4.11. The molecule has 1 aliphatic heterocycles. The van der Waals surface area contributed by atoms with Crippen molar-refractivity contribution in [1.29, 1.82) is 0 Å². The number of carboxylic acid groups (broad SMARTS) is 1. The van der Waals surface area contributed by atoms with Gasteiger partial charge in [0.15, 0.2) is 0 Å². The normalized spacial score (nSPS) is 21.0. The molecule has 1 unspecified atom stereocenters. The van der Waals surface area contributed by atoms with Crippen molar-refractivity contribution in [3.63, 3.8) is 0 Å². The van der Waals surface area contributed by atoms with Crippen LogP contribution in [0.2, 0.25) is 0 Å². The van der Waals surface area contributed by atoms with Gasteiger partial charge in [-0.2, -0.15) is 9.40 Å². The predicted octanol–water partition coefficient (Wildman–Crippen LogP) is -0.191. The van der Waals surface area contributed by atoms with Crippen LogP contribution in [0.5, 0.6) is 0 Å². The van der Waals surface area contributed by atoms with Crippen LogP contribution in [0.25, 0.3) is 0 Å². The highest BCUT2D eigenvalue weighted by atomic mass is 32.2. The molecule has 2 heterocycles. The summed E-state index contributed by atoms with van der Waals surface area (Å²) in [4.78, 5) is 11.2. The van der Waals surface area contributed by atoms with E-state index in [0.717, 1.165) is 6.42 Å². The maximum Gasteiger partial charge on any atom is 0.340 e. The summed E-state index contributed by atoms with van der Waals surface area (Å²) < 4.78 is 26.2. The van der Waals surface area contributed by atoms with Crippen LogP contribution >= 0.6 is 0 Å². The van der Waals surface area contributed by atoms with Gasteiger partial charge in [0, 0.05) is 25.4 Å². The van der Waals surface area contributed by atoms with Crippen LogP contribution in [0.3, 0.4) is 0 Å². The first-order valence-corrected chi connectivity index (χ1v) is 7.71. The molecule has 20 heavy (non-hydrogen) atoms. The highest BCUT2D eigenvalue weighted by Gasteiger charge is 2.35. The molecule has 8 nitrogen and oxygen atoms in total. The molecule has 0 bridgehead atoms. The number of aromatic amines is 1. The number of aromatic carboxylic acids is 1. The molecule has 0 radical (unpaired) electrons. The minimum atomic E-state index is -3.96. The zero-order chi connectivity index (χ0) is 14.9. The summed E-state index contributed by atoms with van der Waals surface area (Å²) in [7, 11) is -3.96. The number of carboxylic acids is 1. The van der Waals surface area contributed by atoms with Crippen LogP contribution in [0, 0.1) is 12.8 Å². The number of aromatic nitrogens is 2. The fraction of sp³-hybridized carbons (Fsp3) is 0.636. The average molecular weight is 303 g/mol. The number of piperidine rings is 1. The number of aryl methyl sites for hydroxylation is 1. The Labute approximate surface area is 116 Å². The van der Waals surface area contributed by atoms with Gasteiger partial charge in [0.2, 0.25) is 5.03 Å². The summed E-state index contributed by atoms with van der Waals surface area (Å²) in [6.45, 7) is 1.87. The highest BCUT2D eigenvalue weighted by Crippen LogP contribution is 2.25. The van der Waals surface area contributed by atoms with Crippen molar-refractivity contribution >= 4 is 16.0 Å². The summed E-state index contributed by atoms with van der Waals surface area (Å²) in [6, 6.07) is 0. The Hall–Kier alpha value is -1.45. The van der Waals surface area contributed by atoms with Gasteiger partial charge >= 0.3 is 5.97 Å². The topological polar surface area (TPSA) is 124 Å². The van der Waals surface area contributed by atoms with Gasteiger partial charge in [-0.25, -0.2) is 13.2 Å². The summed E-state index contributed by atoms with van der Waals surface area (Å²) in [6.07, 6.45) is 1.39. The first-order valence-electron chi connectivity index (χ1n) is 6.27. The molecule has 0 saturated carbocycles. The standard InChI is InChI=1S/C11H17N3O5S/c1-7-9(11(16)17)10(13-12-7)20(18,19)14-4-2-3-8(5-14)6-15/h8,15H,2-6H2,1H3,(H,12,13)(H,16,17). The van der Waals surface area contributed by atoms with Crippen molar-refractivity contribution < 1.29 is 23.4 Å². The second-order valence-corrected chi connectivity index (χ2v) is 6.74. The van der Waals surface area contributed by atoms with E-state index in [9.17, 15) is 13.2 Å². The lowest BCUT2D eigenvalue weighted by molar-refractivity contribution is 0.0691. The van der Waals surface area contributed by atoms with E-state index >= 15 is 0 Å². The lowest BCUT2D eigenvalue weighted by Gasteiger charge is -2.30. The largest absolute Gasteiger partial charge is 0.478 e. The Balaban J connectivity index is 2.38. The van der Waals surface area contributed by atoms with Crippen molar-refractivity contribution in [1.82, 2.24) is 14.5 Å². The van der Waals surface area contributed by atoms with Crippen molar-refractivity contribution in [3.05, 3.63) is 11.3 Å². The van der Waals surface area contributed by atoms with E-state index in [4.69, 9.17) is 10.2 Å². The third kappa shape index (κ3) is 2.56. The molecular weight excluding hydrogens is 286 g/mol. The zero-order valence-corrected chi connectivity index (χ0v) is 11.9. The number of H-pyrrole nitrogens is 1. The molecule has 1 fully saturated rings. The van der Waals surface area contributed by atoms with Crippen LogP contribution in [0.4, 0.5) is 0 Å². The molecule has 0 aliphatic carbocycles. The average Bonchev–Trinajstić information content (AvgIpc) is 2.81. The van der Waals surface area contributed by atoms with E-state index in [-0.39, 0.29) is 30.3 Å². The maximum atomic E-state index is 12.5. The number of nitrogens with zero attached hydrogens (tertiary/aromatic N) is 2. The van der Waals surface area contributed by atoms with Crippen molar-refractivity contribution in [3.8, 4) is 0 Å². The summed E-state index contributed by atoms with van der Waals surface area (Å²) in [5.41, 5.74) is -0.122. The minimum Gasteiger partial charge on any atom is -0.478 e. The second-order valence-electron chi connectivity index (χ2n) is 4.89. The van der Waals surface area contributed by atoms with Crippen LogP contribution < -0.4 is 0 Å². The van der Waals surface area contributed by atoms with Gasteiger partial charge < -0.3 is 10.2 Å². The summed E-state index contributed by atoms with van der Waals surface area (Å²) >= 11 is 0. The molecule has 2 rings (SSSR count). The summed E-state index contributed by atoms with van der Waals surface area (Å²) in [5, 5.41) is 23.8.